The number of halogens is 1. The molecule has 3 rings (SSSR count). The van der Waals surface area contributed by atoms with E-state index in [9.17, 15) is 4.79 Å². The number of benzene rings is 1. The number of nitrogens with two attached hydrogens (primary N) is 1. The second kappa shape index (κ2) is 11.7. The second-order valence-electron chi connectivity index (χ2n) is 7.26. The first-order valence-corrected chi connectivity index (χ1v) is 10.8. The molecule has 0 spiro atoms. The molecular weight excluding hydrogens is 418 g/mol. The summed E-state index contributed by atoms with van der Waals surface area (Å²) in [5.41, 5.74) is 6.71. The maximum atomic E-state index is 11.8. The highest BCUT2D eigenvalue weighted by Crippen LogP contribution is 2.31. The highest BCUT2D eigenvalue weighted by atomic mass is 35.5. The van der Waals surface area contributed by atoms with Gasteiger partial charge in [0.2, 0.25) is 0 Å². The minimum Gasteiger partial charge on any atom is -0.495 e. The molecule has 0 unspecified atom stereocenters. The topological polar surface area (TPSA) is 109 Å². The van der Waals surface area contributed by atoms with Crippen LogP contribution in [-0.4, -0.2) is 80.2 Å². The van der Waals surface area contributed by atoms with Gasteiger partial charge in [0.25, 0.3) is 5.91 Å². The summed E-state index contributed by atoms with van der Waals surface area (Å²) in [4.78, 5) is 25.0. The van der Waals surface area contributed by atoms with E-state index in [0.29, 0.717) is 18.9 Å². The number of aromatic nitrogens is 2. The molecule has 9 nitrogen and oxygen atoms in total. The zero-order valence-corrected chi connectivity index (χ0v) is 18.6. The molecule has 0 radical (unpaired) electrons. The van der Waals surface area contributed by atoms with Crippen LogP contribution in [0.1, 0.15) is 16.9 Å². The summed E-state index contributed by atoms with van der Waals surface area (Å²) in [6.45, 7) is 6.44. The van der Waals surface area contributed by atoms with Gasteiger partial charge in [-0.25, -0.2) is 9.97 Å². The summed E-state index contributed by atoms with van der Waals surface area (Å²) in [5.74, 6) is 1.25. The Morgan fingerprint density at radius 1 is 1.19 bits per heavy atom. The van der Waals surface area contributed by atoms with Gasteiger partial charge in [-0.15, -0.1) is 0 Å². The van der Waals surface area contributed by atoms with Crippen LogP contribution >= 0.6 is 11.6 Å². The van der Waals surface area contributed by atoms with Crippen molar-refractivity contribution < 1.29 is 9.53 Å². The lowest BCUT2D eigenvalue weighted by molar-refractivity contribution is 0.0949. The molecule has 168 valence electrons. The van der Waals surface area contributed by atoms with Crippen LogP contribution in [0, 0.1) is 0 Å². The predicted molar refractivity (Wildman–Crippen MR) is 123 cm³/mol. The lowest BCUT2D eigenvalue weighted by atomic mass is 10.2. The summed E-state index contributed by atoms with van der Waals surface area (Å²) < 4.78 is 5.48. The molecule has 2 aromatic rings. The van der Waals surface area contributed by atoms with E-state index in [-0.39, 0.29) is 11.6 Å². The van der Waals surface area contributed by atoms with Gasteiger partial charge in [-0.2, -0.15) is 0 Å². The third-order valence-electron chi connectivity index (χ3n) is 5.13. The number of carbonyl (C=O) groups excluding carboxylic acids is 1. The minimum absolute atomic E-state index is 0.265. The number of hydrogen-bond acceptors (Lipinski definition) is 8. The minimum atomic E-state index is -0.265. The number of methoxy groups -OCH3 is 1. The largest absolute Gasteiger partial charge is 0.495 e. The molecule has 0 atom stereocenters. The zero-order chi connectivity index (χ0) is 22.1. The van der Waals surface area contributed by atoms with E-state index in [0.717, 1.165) is 62.1 Å². The molecule has 0 aliphatic carbocycles. The Morgan fingerprint density at radius 2 is 2.00 bits per heavy atom. The highest BCUT2D eigenvalue weighted by molar-refractivity contribution is 6.30. The molecule has 31 heavy (non-hydrogen) atoms. The summed E-state index contributed by atoms with van der Waals surface area (Å²) in [6.07, 6.45) is 4.03. The van der Waals surface area contributed by atoms with Gasteiger partial charge in [0.15, 0.2) is 0 Å². The van der Waals surface area contributed by atoms with Crippen LogP contribution in [0.3, 0.4) is 0 Å². The van der Waals surface area contributed by atoms with Gasteiger partial charge >= 0.3 is 0 Å². The molecule has 1 aromatic heterocycles. The average molecular weight is 448 g/mol. The molecule has 1 aliphatic heterocycles. The van der Waals surface area contributed by atoms with Gasteiger partial charge in [-0.1, -0.05) is 11.6 Å². The van der Waals surface area contributed by atoms with Gasteiger partial charge in [-0.3, -0.25) is 9.69 Å². The molecule has 1 fully saturated rings. The van der Waals surface area contributed by atoms with Crippen molar-refractivity contribution in [3.8, 4) is 5.75 Å². The Hall–Kier alpha value is -2.62. The normalized spacial score (nSPS) is 14.4. The van der Waals surface area contributed by atoms with E-state index >= 15 is 0 Å². The smallest absolute Gasteiger partial charge is 0.271 e. The Bertz CT molecular complexity index is 842. The third kappa shape index (κ3) is 6.68. The van der Waals surface area contributed by atoms with Gasteiger partial charge in [0, 0.05) is 50.8 Å². The van der Waals surface area contributed by atoms with Crippen LogP contribution in [0.5, 0.6) is 5.75 Å². The molecule has 0 bridgehead atoms. The Balaban J connectivity index is 1.37. The first kappa shape index (κ1) is 23.1. The van der Waals surface area contributed by atoms with Crippen molar-refractivity contribution in [1.29, 1.82) is 0 Å². The quantitative estimate of drug-likeness (QED) is 0.469. The molecular formula is C21H30ClN7O2. The predicted octanol–water partition coefficient (Wildman–Crippen LogP) is 1.45. The van der Waals surface area contributed by atoms with E-state index in [1.807, 2.05) is 18.2 Å². The maximum absolute atomic E-state index is 11.8. The van der Waals surface area contributed by atoms with Crippen molar-refractivity contribution >= 4 is 29.0 Å². The van der Waals surface area contributed by atoms with E-state index < -0.39 is 0 Å². The molecule has 4 N–H and O–H groups in total. The van der Waals surface area contributed by atoms with Crippen LogP contribution in [0.15, 0.2) is 30.6 Å². The molecule has 10 heteroatoms. The molecule has 1 aromatic carbocycles. The summed E-state index contributed by atoms with van der Waals surface area (Å²) in [7, 11) is 1.69. The van der Waals surface area contributed by atoms with Crippen LogP contribution in [-0.2, 0) is 0 Å². The van der Waals surface area contributed by atoms with Gasteiger partial charge in [0.1, 0.15) is 17.3 Å². The number of hydrogen-bond donors (Lipinski definition) is 3. The fourth-order valence-corrected chi connectivity index (χ4v) is 3.62. The number of amides is 1. The fraction of sp³-hybridized carbons (Fsp3) is 0.476. The van der Waals surface area contributed by atoms with Gasteiger partial charge in [0.05, 0.1) is 25.2 Å². The number of nitrogens with one attached hydrogen (secondary N) is 2. The van der Waals surface area contributed by atoms with E-state index in [1.54, 1.807) is 13.3 Å². The number of anilines is 2. The van der Waals surface area contributed by atoms with Crippen molar-refractivity contribution in [2.24, 2.45) is 5.73 Å². The molecule has 1 amide bonds. The standard InChI is InChI=1S/C21H30ClN7O2/c1-31-19-4-3-16(22)13-18(19)29-11-9-28(10-12-29)8-2-6-24-20-15-26-17(14-27-20)21(30)25-7-5-23/h3-4,13-15H,2,5-12,23H2,1H3,(H,24,27)(H,25,30). The summed E-state index contributed by atoms with van der Waals surface area (Å²) in [6, 6.07) is 5.73. The summed E-state index contributed by atoms with van der Waals surface area (Å²) >= 11 is 6.17. The second-order valence-corrected chi connectivity index (χ2v) is 7.69. The molecule has 1 saturated heterocycles. The van der Waals surface area contributed by atoms with Crippen LogP contribution in [0.2, 0.25) is 5.02 Å². The van der Waals surface area contributed by atoms with Gasteiger partial charge < -0.3 is 26.0 Å². The lowest BCUT2D eigenvalue weighted by Gasteiger charge is -2.36. The zero-order valence-electron chi connectivity index (χ0n) is 17.8. The monoisotopic (exact) mass is 447 g/mol. The van der Waals surface area contributed by atoms with Crippen LogP contribution < -0.4 is 26.0 Å². The molecule has 0 saturated carbocycles. The number of ether oxygens (including phenoxy) is 1. The van der Waals surface area contributed by atoms with E-state index in [4.69, 9.17) is 22.1 Å². The Morgan fingerprint density at radius 3 is 2.68 bits per heavy atom. The van der Waals surface area contributed by atoms with Gasteiger partial charge in [-0.05, 0) is 31.2 Å². The van der Waals surface area contributed by atoms with Crippen molar-refractivity contribution in [2.45, 2.75) is 6.42 Å². The number of carbonyl (C=O) groups is 1. The van der Waals surface area contributed by atoms with Crippen molar-refractivity contribution in [2.75, 3.05) is 69.7 Å². The van der Waals surface area contributed by atoms with Crippen LogP contribution in [0.4, 0.5) is 11.5 Å². The highest BCUT2D eigenvalue weighted by Gasteiger charge is 2.19. The average Bonchev–Trinajstić information content (AvgIpc) is 2.81. The van der Waals surface area contributed by atoms with E-state index in [1.165, 1.54) is 6.20 Å². The first-order chi connectivity index (χ1) is 15.1. The SMILES string of the molecule is COc1ccc(Cl)cc1N1CCN(CCCNc2cnc(C(=O)NCCN)cn2)CC1. The number of piperazine rings is 1. The van der Waals surface area contributed by atoms with E-state index in [2.05, 4.69) is 30.4 Å². The Kier molecular flexibility index (Phi) is 8.69. The molecule has 2 heterocycles. The van der Waals surface area contributed by atoms with Crippen LogP contribution in [0.25, 0.3) is 0 Å². The molecule has 1 aliphatic rings. The number of nitrogens with zero attached hydrogens (tertiary/aromatic N) is 4. The van der Waals surface area contributed by atoms with Crippen molar-refractivity contribution in [3.05, 3.63) is 41.3 Å². The Labute approximate surface area is 187 Å². The van der Waals surface area contributed by atoms with Crippen molar-refractivity contribution in [1.82, 2.24) is 20.2 Å². The first-order valence-electron chi connectivity index (χ1n) is 10.5. The maximum Gasteiger partial charge on any atom is 0.271 e. The van der Waals surface area contributed by atoms with Crippen molar-refractivity contribution in [3.63, 3.8) is 0 Å². The fourth-order valence-electron chi connectivity index (χ4n) is 3.45. The third-order valence-corrected chi connectivity index (χ3v) is 5.36. The summed E-state index contributed by atoms with van der Waals surface area (Å²) in [5, 5.41) is 6.64. The number of rotatable bonds is 10. The lowest BCUT2D eigenvalue weighted by Crippen LogP contribution is -2.47.